The second kappa shape index (κ2) is 10.8. The van der Waals surface area contributed by atoms with Crippen LogP contribution in [0.25, 0.3) is 11.0 Å². The third-order valence-corrected chi connectivity index (χ3v) is 5.34. The Morgan fingerprint density at radius 2 is 2.31 bits per heavy atom. The fourth-order valence-corrected chi connectivity index (χ4v) is 3.97. The van der Waals surface area contributed by atoms with E-state index in [1.807, 2.05) is 43.0 Å². The fraction of sp³-hybridized carbons (Fsp3) is 0.556. The molecule has 1 aliphatic heterocycles. The Bertz CT molecular complexity index is 704. The number of hydrogen-bond acceptors (Lipinski definition) is 5. The number of aryl methyl sites for hydroxylation is 1. The van der Waals surface area contributed by atoms with Crippen LogP contribution in [-0.2, 0) is 16.1 Å². The molecule has 0 aliphatic carbocycles. The standard InChI is InChI=1S/C18H26N4O2S.ClH/c1-2-24-10-5-9-22-16-7-4-3-6-15(16)20-18(22)21-17(23)12-14-13-25-11-8-19-14;/h3-4,6-7,14,19H,2,5,8-13H2,1H3,(H,20,21,23);1H. The number of nitrogens with zero attached hydrogens (tertiary/aromatic N) is 2. The minimum Gasteiger partial charge on any atom is -0.382 e. The molecule has 3 rings (SSSR count). The van der Waals surface area contributed by atoms with Gasteiger partial charge in [-0.2, -0.15) is 11.8 Å². The van der Waals surface area contributed by atoms with Crippen molar-refractivity contribution in [2.45, 2.75) is 32.4 Å². The molecule has 8 heteroatoms. The van der Waals surface area contributed by atoms with Crippen molar-refractivity contribution in [3.05, 3.63) is 24.3 Å². The molecule has 0 radical (unpaired) electrons. The van der Waals surface area contributed by atoms with E-state index in [0.717, 1.165) is 48.7 Å². The molecule has 2 N–H and O–H groups in total. The monoisotopic (exact) mass is 398 g/mol. The van der Waals surface area contributed by atoms with Crippen molar-refractivity contribution in [2.24, 2.45) is 0 Å². The van der Waals surface area contributed by atoms with Crippen molar-refractivity contribution >= 4 is 47.1 Å². The number of hydrogen-bond donors (Lipinski definition) is 2. The van der Waals surface area contributed by atoms with Gasteiger partial charge in [-0.05, 0) is 25.5 Å². The maximum Gasteiger partial charge on any atom is 0.228 e. The van der Waals surface area contributed by atoms with Crippen LogP contribution in [0.4, 0.5) is 5.95 Å². The number of thioether (sulfide) groups is 1. The first-order valence-corrected chi connectivity index (χ1v) is 10.1. The van der Waals surface area contributed by atoms with Crippen LogP contribution in [0.15, 0.2) is 24.3 Å². The Morgan fingerprint density at radius 1 is 1.46 bits per heavy atom. The normalized spacial score (nSPS) is 17.0. The topological polar surface area (TPSA) is 68.2 Å². The first-order valence-electron chi connectivity index (χ1n) is 8.92. The van der Waals surface area contributed by atoms with Crippen LogP contribution >= 0.6 is 24.2 Å². The van der Waals surface area contributed by atoms with E-state index in [0.29, 0.717) is 19.0 Å². The van der Waals surface area contributed by atoms with E-state index in [9.17, 15) is 4.79 Å². The number of anilines is 1. The Morgan fingerprint density at radius 3 is 3.08 bits per heavy atom. The number of benzene rings is 1. The number of ether oxygens (including phenoxy) is 1. The van der Waals surface area contributed by atoms with E-state index in [1.165, 1.54) is 0 Å². The lowest BCUT2D eigenvalue weighted by molar-refractivity contribution is -0.116. The van der Waals surface area contributed by atoms with Gasteiger partial charge < -0.3 is 14.6 Å². The van der Waals surface area contributed by atoms with Crippen LogP contribution in [0.3, 0.4) is 0 Å². The van der Waals surface area contributed by atoms with Crippen molar-refractivity contribution in [1.29, 1.82) is 0 Å². The third-order valence-electron chi connectivity index (χ3n) is 4.21. The first-order chi connectivity index (χ1) is 12.3. The van der Waals surface area contributed by atoms with E-state index >= 15 is 0 Å². The predicted molar refractivity (Wildman–Crippen MR) is 110 cm³/mol. The van der Waals surface area contributed by atoms with Gasteiger partial charge in [0.05, 0.1) is 11.0 Å². The molecule has 1 saturated heterocycles. The second-order valence-corrected chi connectivity index (χ2v) is 7.25. The lowest BCUT2D eigenvalue weighted by atomic mass is 10.2. The molecular weight excluding hydrogens is 372 g/mol. The van der Waals surface area contributed by atoms with Gasteiger partial charge in [0.1, 0.15) is 0 Å². The molecule has 0 saturated carbocycles. The third kappa shape index (κ3) is 5.61. The quantitative estimate of drug-likeness (QED) is 0.669. The van der Waals surface area contributed by atoms with Crippen molar-refractivity contribution in [3.8, 4) is 0 Å². The maximum absolute atomic E-state index is 12.4. The Kier molecular flexibility index (Phi) is 8.71. The van der Waals surface area contributed by atoms with Crippen molar-refractivity contribution < 1.29 is 9.53 Å². The van der Waals surface area contributed by atoms with Gasteiger partial charge in [-0.3, -0.25) is 10.1 Å². The average molecular weight is 399 g/mol. The molecule has 6 nitrogen and oxygen atoms in total. The molecule has 26 heavy (non-hydrogen) atoms. The number of imidazole rings is 1. The Hall–Kier alpha value is -1.28. The van der Waals surface area contributed by atoms with E-state index in [4.69, 9.17) is 4.74 Å². The lowest BCUT2D eigenvalue weighted by Gasteiger charge is -2.22. The zero-order valence-electron chi connectivity index (χ0n) is 15.1. The zero-order chi connectivity index (χ0) is 17.5. The van der Waals surface area contributed by atoms with Crippen LogP contribution in [0.1, 0.15) is 19.8 Å². The molecule has 0 bridgehead atoms. The summed E-state index contributed by atoms with van der Waals surface area (Å²) >= 11 is 1.90. The maximum atomic E-state index is 12.4. The molecule has 0 spiro atoms. The van der Waals surface area contributed by atoms with Gasteiger partial charge in [0.25, 0.3) is 0 Å². The highest BCUT2D eigenvalue weighted by molar-refractivity contribution is 7.99. The highest BCUT2D eigenvalue weighted by Gasteiger charge is 2.19. The Labute approximate surface area is 164 Å². The van der Waals surface area contributed by atoms with Crippen molar-refractivity contribution in [1.82, 2.24) is 14.9 Å². The van der Waals surface area contributed by atoms with Gasteiger partial charge in [0.2, 0.25) is 11.9 Å². The molecule has 1 aliphatic rings. The first kappa shape index (κ1) is 21.0. The minimum absolute atomic E-state index is 0. The number of para-hydroxylation sites is 2. The molecular formula is C18H27ClN4O2S. The van der Waals surface area contributed by atoms with Crippen molar-refractivity contribution in [3.63, 3.8) is 0 Å². The summed E-state index contributed by atoms with van der Waals surface area (Å²) in [5.74, 6) is 2.75. The van der Waals surface area contributed by atoms with Gasteiger partial charge in [-0.1, -0.05) is 12.1 Å². The van der Waals surface area contributed by atoms with Crippen LogP contribution in [0.2, 0.25) is 0 Å². The summed E-state index contributed by atoms with van der Waals surface area (Å²) in [5.41, 5.74) is 1.95. The molecule has 1 unspecified atom stereocenters. The van der Waals surface area contributed by atoms with Gasteiger partial charge in [0, 0.05) is 50.3 Å². The summed E-state index contributed by atoms with van der Waals surface area (Å²) in [7, 11) is 0. The summed E-state index contributed by atoms with van der Waals surface area (Å²) in [6, 6.07) is 8.22. The lowest BCUT2D eigenvalue weighted by Crippen LogP contribution is -2.40. The minimum atomic E-state index is 0. The number of aromatic nitrogens is 2. The number of rotatable bonds is 8. The summed E-state index contributed by atoms with van der Waals surface area (Å²) in [5, 5.41) is 6.41. The van der Waals surface area contributed by atoms with E-state index in [-0.39, 0.29) is 24.4 Å². The summed E-state index contributed by atoms with van der Waals surface area (Å²) in [6.07, 6.45) is 1.37. The van der Waals surface area contributed by atoms with E-state index in [2.05, 4.69) is 20.2 Å². The zero-order valence-corrected chi connectivity index (χ0v) is 16.7. The summed E-state index contributed by atoms with van der Waals surface area (Å²) in [6.45, 7) is 5.17. The molecule has 1 amide bonds. The van der Waals surface area contributed by atoms with Crippen molar-refractivity contribution in [2.75, 3.05) is 36.6 Å². The average Bonchev–Trinajstić information content (AvgIpc) is 2.96. The molecule has 1 aromatic heterocycles. The number of nitrogens with one attached hydrogen (secondary N) is 2. The molecule has 2 heterocycles. The second-order valence-electron chi connectivity index (χ2n) is 6.10. The van der Waals surface area contributed by atoms with Crippen LogP contribution in [0.5, 0.6) is 0 Å². The SMILES string of the molecule is CCOCCCn1c(NC(=O)CC2CSCCN2)nc2ccccc21.Cl. The van der Waals surface area contributed by atoms with Gasteiger partial charge >= 0.3 is 0 Å². The van der Waals surface area contributed by atoms with Crippen LogP contribution < -0.4 is 10.6 Å². The van der Waals surface area contributed by atoms with Gasteiger partial charge in [0.15, 0.2) is 0 Å². The molecule has 144 valence electrons. The smallest absolute Gasteiger partial charge is 0.228 e. The van der Waals surface area contributed by atoms with Gasteiger partial charge in [-0.15, -0.1) is 12.4 Å². The number of halogens is 1. The molecule has 1 atom stereocenters. The molecule has 2 aromatic rings. The number of carbonyl (C=O) groups excluding carboxylic acids is 1. The largest absolute Gasteiger partial charge is 0.382 e. The summed E-state index contributed by atoms with van der Waals surface area (Å²) < 4.78 is 7.51. The van der Waals surface area contributed by atoms with Crippen LogP contribution in [0, 0.1) is 0 Å². The Balaban J connectivity index is 0.00000243. The highest BCUT2D eigenvalue weighted by atomic mass is 35.5. The number of carbonyl (C=O) groups is 1. The number of fused-ring (bicyclic) bond motifs is 1. The predicted octanol–water partition coefficient (Wildman–Crippen LogP) is 2.92. The van der Waals surface area contributed by atoms with E-state index < -0.39 is 0 Å². The molecule has 1 aromatic carbocycles. The molecule has 1 fully saturated rings. The van der Waals surface area contributed by atoms with Gasteiger partial charge in [-0.25, -0.2) is 4.98 Å². The highest BCUT2D eigenvalue weighted by Crippen LogP contribution is 2.20. The number of amides is 1. The fourth-order valence-electron chi connectivity index (χ4n) is 3.02. The van der Waals surface area contributed by atoms with Crippen LogP contribution in [-0.4, -0.2) is 52.8 Å². The van der Waals surface area contributed by atoms with E-state index in [1.54, 1.807) is 0 Å². The summed E-state index contributed by atoms with van der Waals surface area (Å²) in [4.78, 5) is 17.1.